The van der Waals surface area contributed by atoms with Gasteiger partial charge < -0.3 is 15.0 Å². The van der Waals surface area contributed by atoms with E-state index in [-0.39, 0.29) is 18.5 Å². The van der Waals surface area contributed by atoms with Crippen LogP contribution in [0.25, 0.3) is 10.8 Å². The molecule has 3 aromatic rings. The fourth-order valence-electron chi connectivity index (χ4n) is 3.56. The third kappa shape index (κ3) is 4.01. The molecule has 0 radical (unpaired) electrons. The van der Waals surface area contributed by atoms with Crippen LogP contribution < -0.4 is 15.0 Å². The second kappa shape index (κ2) is 8.22. The van der Waals surface area contributed by atoms with Gasteiger partial charge in [-0.15, -0.1) is 0 Å². The minimum absolute atomic E-state index is 0.0234. The highest BCUT2D eigenvalue weighted by Gasteiger charge is 2.30. The van der Waals surface area contributed by atoms with E-state index in [9.17, 15) is 9.59 Å². The number of fused-ring (bicyclic) bond motifs is 1. The summed E-state index contributed by atoms with van der Waals surface area (Å²) in [6.07, 6.45) is 0. The van der Waals surface area contributed by atoms with Gasteiger partial charge in [0.25, 0.3) is 0 Å². The molecule has 0 unspecified atom stereocenters. The lowest BCUT2D eigenvalue weighted by atomic mass is 10.1. The molecule has 1 aliphatic rings. The average molecular weight is 389 g/mol. The molecule has 0 atom stereocenters. The predicted molar refractivity (Wildman–Crippen MR) is 115 cm³/mol. The Labute approximate surface area is 169 Å². The molecule has 148 valence electrons. The number of carbonyl (C=O) groups excluding carboxylic acids is 2. The van der Waals surface area contributed by atoms with Crippen LogP contribution in [-0.2, 0) is 4.79 Å². The van der Waals surface area contributed by atoms with Gasteiger partial charge >= 0.3 is 6.03 Å². The summed E-state index contributed by atoms with van der Waals surface area (Å²) < 4.78 is 5.44. The average Bonchev–Trinajstić information content (AvgIpc) is 3.09. The van der Waals surface area contributed by atoms with Crippen molar-refractivity contribution in [3.8, 4) is 5.75 Å². The van der Waals surface area contributed by atoms with Crippen LogP contribution >= 0.6 is 0 Å². The fraction of sp³-hybridized carbons (Fsp3) is 0.217. The highest BCUT2D eigenvalue weighted by atomic mass is 16.5. The third-order valence-corrected chi connectivity index (χ3v) is 4.95. The third-order valence-electron chi connectivity index (χ3n) is 4.95. The van der Waals surface area contributed by atoms with E-state index in [2.05, 4.69) is 5.32 Å². The Kier molecular flexibility index (Phi) is 5.33. The summed E-state index contributed by atoms with van der Waals surface area (Å²) in [6.45, 7) is 3.61. The molecular formula is C23H23N3O3. The van der Waals surface area contributed by atoms with Gasteiger partial charge in [0.1, 0.15) is 12.3 Å². The molecule has 4 rings (SSSR count). The first-order valence-electron chi connectivity index (χ1n) is 9.72. The van der Waals surface area contributed by atoms with E-state index >= 15 is 0 Å². The largest absolute Gasteiger partial charge is 0.494 e. The second-order valence-corrected chi connectivity index (χ2v) is 6.86. The maximum atomic E-state index is 12.8. The Balaban J connectivity index is 1.41. The molecule has 0 spiro atoms. The quantitative estimate of drug-likeness (QED) is 0.690. The van der Waals surface area contributed by atoms with Crippen molar-refractivity contribution in [2.24, 2.45) is 0 Å². The summed E-state index contributed by atoms with van der Waals surface area (Å²) in [5.41, 5.74) is 1.55. The minimum Gasteiger partial charge on any atom is -0.494 e. The van der Waals surface area contributed by atoms with Crippen molar-refractivity contribution in [2.75, 3.05) is 36.5 Å². The Morgan fingerprint density at radius 1 is 1.00 bits per heavy atom. The van der Waals surface area contributed by atoms with Gasteiger partial charge in [0, 0.05) is 29.9 Å². The summed E-state index contributed by atoms with van der Waals surface area (Å²) in [7, 11) is 0. The first-order valence-corrected chi connectivity index (χ1v) is 9.72. The number of carbonyl (C=O) groups is 2. The SMILES string of the molecule is CCOc1ccc(N2CCN(CC(=O)Nc3cccc4ccccc34)C2=O)cc1. The number of ether oxygens (including phenoxy) is 1. The molecule has 1 heterocycles. The molecule has 1 aliphatic heterocycles. The molecule has 0 saturated carbocycles. The highest BCUT2D eigenvalue weighted by Crippen LogP contribution is 2.25. The normalized spacial score (nSPS) is 13.8. The van der Waals surface area contributed by atoms with Gasteiger partial charge in [-0.05, 0) is 42.6 Å². The van der Waals surface area contributed by atoms with Crippen molar-refractivity contribution in [3.05, 3.63) is 66.7 Å². The zero-order valence-corrected chi connectivity index (χ0v) is 16.3. The number of rotatable bonds is 6. The molecule has 0 bridgehead atoms. The smallest absolute Gasteiger partial charge is 0.325 e. The van der Waals surface area contributed by atoms with Crippen LogP contribution in [0.15, 0.2) is 66.7 Å². The molecule has 6 nitrogen and oxygen atoms in total. The molecule has 1 saturated heterocycles. The van der Waals surface area contributed by atoms with Crippen molar-refractivity contribution in [2.45, 2.75) is 6.92 Å². The summed E-state index contributed by atoms with van der Waals surface area (Å²) in [4.78, 5) is 28.6. The molecule has 6 heteroatoms. The van der Waals surface area contributed by atoms with Gasteiger partial charge in [0.2, 0.25) is 5.91 Å². The van der Waals surface area contributed by atoms with Gasteiger partial charge in [-0.1, -0.05) is 36.4 Å². The van der Waals surface area contributed by atoms with Crippen LogP contribution in [0.1, 0.15) is 6.92 Å². The lowest BCUT2D eigenvalue weighted by Crippen LogP contribution is -2.37. The Morgan fingerprint density at radius 3 is 2.55 bits per heavy atom. The van der Waals surface area contributed by atoms with Gasteiger partial charge in [-0.25, -0.2) is 4.79 Å². The first kappa shape index (κ1) is 18.8. The number of hydrogen-bond acceptors (Lipinski definition) is 3. The van der Waals surface area contributed by atoms with E-state index in [1.54, 1.807) is 9.80 Å². The number of nitrogens with one attached hydrogen (secondary N) is 1. The van der Waals surface area contributed by atoms with Crippen LogP contribution in [-0.4, -0.2) is 43.1 Å². The Morgan fingerprint density at radius 2 is 1.76 bits per heavy atom. The molecule has 29 heavy (non-hydrogen) atoms. The lowest BCUT2D eigenvalue weighted by Gasteiger charge is -2.19. The van der Waals surface area contributed by atoms with Gasteiger partial charge in [0.15, 0.2) is 0 Å². The van der Waals surface area contributed by atoms with Crippen LogP contribution in [0, 0.1) is 0 Å². The predicted octanol–water partition coefficient (Wildman–Crippen LogP) is 4.12. The van der Waals surface area contributed by atoms with E-state index in [1.807, 2.05) is 73.7 Å². The number of benzene rings is 3. The van der Waals surface area contributed by atoms with E-state index in [1.165, 1.54) is 0 Å². The van der Waals surface area contributed by atoms with Crippen LogP contribution in [0.5, 0.6) is 5.75 Å². The zero-order chi connectivity index (χ0) is 20.2. The van der Waals surface area contributed by atoms with Gasteiger partial charge in [0.05, 0.1) is 6.61 Å². The van der Waals surface area contributed by atoms with E-state index in [4.69, 9.17) is 4.74 Å². The fourth-order valence-corrected chi connectivity index (χ4v) is 3.56. The van der Waals surface area contributed by atoms with Crippen molar-refractivity contribution >= 4 is 34.1 Å². The van der Waals surface area contributed by atoms with Gasteiger partial charge in [-0.3, -0.25) is 9.69 Å². The topological polar surface area (TPSA) is 61.9 Å². The second-order valence-electron chi connectivity index (χ2n) is 6.86. The van der Waals surface area contributed by atoms with Crippen molar-refractivity contribution in [1.82, 2.24) is 4.90 Å². The Bertz CT molecular complexity index is 1030. The number of urea groups is 1. The molecule has 0 aromatic heterocycles. The number of amides is 3. The maximum absolute atomic E-state index is 12.8. The van der Waals surface area contributed by atoms with Crippen LogP contribution in [0.2, 0.25) is 0 Å². The highest BCUT2D eigenvalue weighted by molar-refractivity contribution is 6.04. The minimum atomic E-state index is -0.205. The lowest BCUT2D eigenvalue weighted by molar-refractivity contribution is -0.116. The summed E-state index contributed by atoms with van der Waals surface area (Å²) in [6, 6.07) is 20.9. The van der Waals surface area contributed by atoms with Crippen molar-refractivity contribution in [1.29, 1.82) is 0 Å². The number of hydrogen-bond donors (Lipinski definition) is 1. The summed E-state index contributed by atoms with van der Waals surface area (Å²) >= 11 is 0. The standard InChI is InChI=1S/C23H23N3O3/c1-2-29-19-12-10-18(11-13-19)26-15-14-25(23(26)28)16-22(27)24-21-9-5-7-17-6-3-4-8-20(17)21/h3-13H,2,14-16H2,1H3,(H,24,27). The molecule has 3 aromatic carbocycles. The summed E-state index contributed by atoms with van der Waals surface area (Å²) in [5, 5.41) is 4.98. The molecule has 0 aliphatic carbocycles. The van der Waals surface area contributed by atoms with Crippen molar-refractivity contribution < 1.29 is 14.3 Å². The molecule has 1 fully saturated rings. The van der Waals surface area contributed by atoms with Crippen LogP contribution in [0.3, 0.4) is 0 Å². The number of anilines is 2. The number of nitrogens with zero attached hydrogens (tertiary/aromatic N) is 2. The zero-order valence-electron chi connectivity index (χ0n) is 16.3. The first-order chi connectivity index (χ1) is 14.2. The van der Waals surface area contributed by atoms with Crippen LogP contribution in [0.4, 0.5) is 16.2 Å². The maximum Gasteiger partial charge on any atom is 0.325 e. The van der Waals surface area contributed by atoms with Gasteiger partial charge in [-0.2, -0.15) is 0 Å². The van der Waals surface area contributed by atoms with E-state index in [0.29, 0.717) is 19.7 Å². The summed E-state index contributed by atoms with van der Waals surface area (Å²) in [5.74, 6) is 0.567. The molecule has 1 N–H and O–H groups in total. The van der Waals surface area contributed by atoms with E-state index < -0.39 is 0 Å². The molecule has 3 amide bonds. The monoisotopic (exact) mass is 389 g/mol. The van der Waals surface area contributed by atoms with E-state index in [0.717, 1.165) is 27.9 Å². The van der Waals surface area contributed by atoms with Crippen molar-refractivity contribution in [3.63, 3.8) is 0 Å². The Hall–Kier alpha value is -3.54. The molecular weight excluding hydrogens is 366 g/mol.